The van der Waals surface area contributed by atoms with Crippen LogP contribution in [0.15, 0.2) is 41.7 Å². The zero-order valence-electron chi connectivity index (χ0n) is 25.3. The van der Waals surface area contributed by atoms with Crippen LogP contribution in [0, 0.1) is 11.8 Å². The van der Waals surface area contributed by atoms with E-state index >= 15 is 0 Å². The number of carbonyl (C=O) groups is 1. The number of aromatic amines is 1. The van der Waals surface area contributed by atoms with Crippen molar-refractivity contribution in [1.82, 2.24) is 14.9 Å². The molecule has 2 aliphatic rings. The van der Waals surface area contributed by atoms with Crippen molar-refractivity contribution in [3.63, 3.8) is 0 Å². The molecule has 0 spiro atoms. The highest BCUT2D eigenvalue weighted by Gasteiger charge is 2.26. The molecule has 0 bridgehead atoms. The Hall–Kier alpha value is -2.93. The monoisotopic (exact) mass is 549 g/mol. The van der Waals surface area contributed by atoms with Gasteiger partial charge in [0.05, 0.1) is 5.69 Å². The van der Waals surface area contributed by atoms with Crippen molar-refractivity contribution < 1.29 is 4.79 Å². The molecule has 1 aliphatic carbocycles. The number of piperidine rings is 1. The Morgan fingerprint density at radius 3 is 2.25 bits per heavy atom. The normalized spacial score (nSPS) is 16.6. The number of likely N-dealkylation sites (tertiary alicyclic amines) is 1. The molecule has 0 unspecified atom stereocenters. The molecule has 0 atom stereocenters. The third-order valence-corrected chi connectivity index (χ3v) is 8.20. The SMILES string of the molecule is C=C(CCC)c1nc(N(CC2CCCCC2)CC2CCN(C)CC2)[nH]c(=O)c1N(C)C.O=CCc1ccccc1. The molecular weight excluding hydrogens is 498 g/mol. The molecule has 0 amide bonds. The first kappa shape index (κ1) is 31.6. The fourth-order valence-corrected chi connectivity index (χ4v) is 5.88. The summed E-state index contributed by atoms with van der Waals surface area (Å²) in [5.41, 5.74) is 3.36. The maximum absolute atomic E-state index is 13.1. The Morgan fingerprint density at radius 2 is 1.68 bits per heavy atom. The molecule has 7 heteroatoms. The van der Waals surface area contributed by atoms with Gasteiger partial charge in [-0.3, -0.25) is 9.78 Å². The average molecular weight is 550 g/mol. The van der Waals surface area contributed by atoms with Crippen molar-refractivity contribution in [2.75, 3.05) is 57.1 Å². The second kappa shape index (κ2) is 16.4. The molecule has 1 N–H and O–H groups in total. The largest absolute Gasteiger partial charge is 0.371 e. The minimum atomic E-state index is -0.0562. The zero-order valence-corrected chi connectivity index (χ0v) is 25.3. The van der Waals surface area contributed by atoms with Gasteiger partial charge in [-0.05, 0) is 75.2 Å². The molecule has 4 rings (SSSR count). The van der Waals surface area contributed by atoms with E-state index in [1.165, 1.54) is 44.9 Å². The number of hydrogen-bond acceptors (Lipinski definition) is 6. The van der Waals surface area contributed by atoms with Crippen molar-refractivity contribution in [2.24, 2.45) is 11.8 Å². The maximum atomic E-state index is 13.1. The third kappa shape index (κ3) is 9.61. The summed E-state index contributed by atoms with van der Waals surface area (Å²) >= 11 is 0. The fraction of sp³-hybridized carbons (Fsp3) is 0.606. The molecule has 1 saturated carbocycles. The molecule has 1 aromatic heterocycles. The molecule has 2 aromatic rings. The summed E-state index contributed by atoms with van der Waals surface area (Å²) in [6.45, 7) is 10.7. The van der Waals surface area contributed by atoms with Crippen LogP contribution in [0.25, 0.3) is 5.57 Å². The van der Waals surface area contributed by atoms with E-state index in [9.17, 15) is 9.59 Å². The van der Waals surface area contributed by atoms with Gasteiger partial charge in [0.15, 0.2) is 0 Å². The van der Waals surface area contributed by atoms with E-state index in [0.717, 1.165) is 68.1 Å². The van der Waals surface area contributed by atoms with Gasteiger partial charge in [-0.15, -0.1) is 0 Å². The lowest BCUT2D eigenvalue weighted by Crippen LogP contribution is -2.41. The highest BCUT2D eigenvalue weighted by atomic mass is 16.1. The van der Waals surface area contributed by atoms with Crippen LogP contribution in [0.2, 0.25) is 0 Å². The van der Waals surface area contributed by atoms with Crippen LogP contribution in [0.1, 0.15) is 76.0 Å². The number of H-pyrrole nitrogens is 1. The molecule has 7 nitrogen and oxygen atoms in total. The smallest absolute Gasteiger partial charge is 0.276 e. The highest BCUT2D eigenvalue weighted by Crippen LogP contribution is 2.29. The number of nitrogens with one attached hydrogen (secondary N) is 1. The summed E-state index contributed by atoms with van der Waals surface area (Å²) in [6, 6.07) is 9.68. The van der Waals surface area contributed by atoms with Gasteiger partial charge in [-0.1, -0.05) is 69.5 Å². The van der Waals surface area contributed by atoms with Gasteiger partial charge in [0.1, 0.15) is 12.0 Å². The minimum absolute atomic E-state index is 0.0562. The predicted molar refractivity (Wildman–Crippen MR) is 168 cm³/mol. The van der Waals surface area contributed by atoms with Crippen LogP contribution >= 0.6 is 0 Å². The van der Waals surface area contributed by atoms with Crippen LogP contribution in [-0.2, 0) is 11.2 Å². The number of anilines is 2. The molecule has 40 heavy (non-hydrogen) atoms. The zero-order chi connectivity index (χ0) is 28.9. The van der Waals surface area contributed by atoms with Crippen LogP contribution in [0.5, 0.6) is 0 Å². The van der Waals surface area contributed by atoms with Gasteiger partial charge in [0.25, 0.3) is 5.56 Å². The first-order chi connectivity index (χ1) is 19.3. The first-order valence-electron chi connectivity index (χ1n) is 15.2. The van der Waals surface area contributed by atoms with Crippen LogP contribution < -0.4 is 15.4 Å². The summed E-state index contributed by atoms with van der Waals surface area (Å²) in [7, 11) is 6.03. The first-order valence-corrected chi connectivity index (χ1v) is 15.2. The number of hydrogen-bond donors (Lipinski definition) is 1. The molecule has 220 valence electrons. The van der Waals surface area contributed by atoms with E-state index in [-0.39, 0.29) is 5.56 Å². The van der Waals surface area contributed by atoms with Crippen LogP contribution in [-0.4, -0.2) is 68.5 Å². The molecule has 2 heterocycles. The Morgan fingerprint density at radius 1 is 1.05 bits per heavy atom. The fourth-order valence-electron chi connectivity index (χ4n) is 5.88. The van der Waals surface area contributed by atoms with Crippen molar-refractivity contribution in [3.05, 3.63) is 58.5 Å². The number of aldehydes is 1. The molecular formula is C33H51N5O2. The standard InChI is InChI=1S/C25H43N5O.C8H8O/c1-6-10-19(2)22-23(28(3)4)24(31)27-25(26-22)30(17-20-11-8-7-9-12-20)18-21-13-15-29(5)16-14-21;9-7-6-8-4-2-1-3-5-8/h20-21H,2,6-18H2,1,3-5H3,(H,26,27,31);1-5,7H,6H2. The number of allylic oxidation sites excluding steroid dienone is 1. The van der Waals surface area contributed by atoms with Gasteiger partial charge >= 0.3 is 0 Å². The second-order valence-corrected chi connectivity index (χ2v) is 11.8. The van der Waals surface area contributed by atoms with Crippen molar-refractivity contribution in [3.8, 4) is 0 Å². The quantitative estimate of drug-likeness (QED) is 0.357. The van der Waals surface area contributed by atoms with E-state index in [1.54, 1.807) is 0 Å². The second-order valence-electron chi connectivity index (χ2n) is 11.8. The van der Waals surface area contributed by atoms with E-state index in [4.69, 9.17) is 4.98 Å². The Kier molecular flexibility index (Phi) is 12.9. The maximum Gasteiger partial charge on any atom is 0.276 e. The summed E-state index contributed by atoms with van der Waals surface area (Å²) in [4.78, 5) is 38.0. The van der Waals surface area contributed by atoms with Gasteiger partial charge < -0.3 is 19.5 Å². The summed E-state index contributed by atoms with van der Waals surface area (Å²) in [5, 5.41) is 0. The lowest BCUT2D eigenvalue weighted by molar-refractivity contribution is -0.107. The number of benzene rings is 1. The molecule has 1 aliphatic heterocycles. The summed E-state index contributed by atoms with van der Waals surface area (Å²) in [5.74, 6) is 2.09. The molecule has 1 aromatic carbocycles. The summed E-state index contributed by atoms with van der Waals surface area (Å²) < 4.78 is 0. The Balaban J connectivity index is 0.000000415. The number of rotatable bonds is 11. The number of nitrogens with zero attached hydrogens (tertiary/aromatic N) is 4. The van der Waals surface area contributed by atoms with Crippen molar-refractivity contribution in [1.29, 1.82) is 0 Å². The topological polar surface area (TPSA) is 72.5 Å². The van der Waals surface area contributed by atoms with E-state index in [1.807, 2.05) is 49.3 Å². The van der Waals surface area contributed by atoms with E-state index in [0.29, 0.717) is 23.9 Å². The van der Waals surface area contributed by atoms with Gasteiger partial charge in [-0.2, -0.15) is 0 Å². The molecule has 2 fully saturated rings. The van der Waals surface area contributed by atoms with Crippen LogP contribution in [0.3, 0.4) is 0 Å². The number of carbonyl (C=O) groups excluding carboxylic acids is 1. The molecule has 0 radical (unpaired) electrons. The van der Waals surface area contributed by atoms with Gasteiger partial charge in [0, 0.05) is 33.6 Å². The van der Waals surface area contributed by atoms with Crippen molar-refractivity contribution >= 4 is 23.5 Å². The predicted octanol–water partition coefficient (Wildman–Crippen LogP) is 5.81. The Bertz CT molecular complexity index is 1100. The van der Waals surface area contributed by atoms with E-state index < -0.39 is 0 Å². The highest BCUT2D eigenvalue weighted by molar-refractivity contribution is 5.72. The lowest BCUT2D eigenvalue weighted by atomic mass is 9.88. The minimum Gasteiger partial charge on any atom is -0.371 e. The lowest BCUT2D eigenvalue weighted by Gasteiger charge is -2.36. The molecule has 1 saturated heterocycles. The van der Waals surface area contributed by atoms with Gasteiger partial charge in [-0.25, -0.2) is 4.98 Å². The van der Waals surface area contributed by atoms with Crippen molar-refractivity contribution in [2.45, 2.75) is 71.1 Å². The Labute approximate surface area is 241 Å². The summed E-state index contributed by atoms with van der Waals surface area (Å²) in [6.07, 6.45) is 12.3. The van der Waals surface area contributed by atoms with Crippen LogP contribution in [0.4, 0.5) is 11.6 Å². The average Bonchev–Trinajstić information content (AvgIpc) is 2.95. The third-order valence-electron chi connectivity index (χ3n) is 8.20. The van der Waals surface area contributed by atoms with Gasteiger partial charge in [0.2, 0.25) is 5.95 Å². The number of aromatic nitrogens is 2. The van der Waals surface area contributed by atoms with E-state index in [2.05, 4.69) is 35.3 Å².